The lowest BCUT2D eigenvalue weighted by molar-refractivity contribution is -0.124. The third-order valence-electron chi connectivity index (χ3n) is 3.51. The third kappa shape index (κ3) is 6.11. The Hall–Kier alpha value is -3.91. The minimum Gasteiger partial charge on any atom is -0.504 e. The van der Waals surface area contributed by atoms with E-state index in [0.717, 1.165) is 11.6 Å². The van der Waals surface area contributed by atoms with Crippen LogP contribution in [0.3, 0.4) is 0 Å². The quantitative estimate of drug-likeness (QED) is 0.254. The molecule has 0 heterocycles. The summed E-state index contributed by atoms with van der Waals surface area (Å²) < 4.78 is 5.03. The summed E-state index contributed by atoms with van der Waals surface area (Å²) in [4.78, 5) is 23.1. The van der Waals surface area contributed by atoms with Crippen molar-refractivity contribution in [2.45, 2.75) is 0 Å². The molecule has 0 aliphatic heterocycles. The lowest BCUT2D eigenvalue weighted by Gasteiger charge is -2.03. The van der Waals surface area contributed by atoms with Crippen molar-refractivity contribution in [1.29, 1.82) is 0 Å². The Balaban J connectivity index is 1.94. The first-order chi connectivity index (χ1) is 13.5. The number of carbonyl (C=O) groups is 2. The van der Waals surface area contributed by atoms with Crippen molar-refractivity contribution in [3.8, 4) is 11.5 Å². The first kappa shape index (κ1) is 20.4. The monoisotopic (exact) mass is 381 g/mol. The Morgan fingerprint density at radius 3 is 2.64 bits per heavy atom. The number of hydrazone groups is 1. The van der Waals surface area contributed by atoms with E-state index in [1.165, 1.54) is 30.9 Å². The summed E-state index contributed by atoms with van der Waals surface area (Å²) in [5, 5.41) is 21.8. The van der Waals surface area contributed by atoms with Gasteiger partial charge in [-0.25, -0.2) is 10.9 Å². The number of benzene rings is 2. The molecule has 0 saturated carbocycles. The molecule has 0 saturated heterocycles. The number of hydrogen-bond acceptors (Lipinski definition) is 6. The Bertz CT molecular complexity index is 935. The number of nitrogens with zero attached hydrogens (tertiary/aromatic N) is 1. The van der Waals surface area contributed by atoms with Crippen molar-refractivity contribution in [2.24, 2.45) is 5.10 Å². The Kier molecular flexibility index (Phi) is 7.50. The molecule has 2 aromatic rings. The van der Waals surface area contributed by atoms with E-state index in [2.05, 4.69) is 10.5 Å². The van der Waals surface area contributed by atoms with Gasteiger partial charge < -0.3 is 9.84 Å². The highest BCUT2D eigenvalue weighted by Gasteiger charge is 2.04. The number of aromatic hydroxyl groups is 1. The molecule has 8 nitrogen and oxygen atoms in total. The van der Waals surface area contributed by atoms with E-state index in [1.54, 1.807) is 48.6 Å². The maximum Gasteiger partial charge on any atom is 0.271 e. The summed E-state index contributed by atoms with van der Waals surface area (Å²) >= 11 is 0. The number of methoxy groups -OCH3 is 1. The normalized spacial score (nSPS) is 11.2. The van der Waals surface area contributed by atoms with Crippen molar-refractivity contribution < 1.29 is 24.6 Å². The lowest BCUT2D eigenvalue weighted by Crippen LogP contribution is -2.17. The first-order valence-electron chi connectivity index (χ1n) is 8.13. The van der Waals surface area contributed by atoms with Crippen LogP contribution >= 0.6 is 0 Å². The van der Waals surface area contributed by atoms with E-state index < -0.39 is 11.8 Å². The summed E-state index contributed by atoms with van der Waals surface area (Å²) in [7, 11) is 1.46. The fourth-order valence-corrected chi connectivity index (χ4v) is 2.15. The van der Waals surface area contributed by atoms with Crippen molar-refractivity contribution in [3.05, 3.63) is 71.3 Å². The molecule has 144 valence electrons. The summed E-state index contributed by atoms with van der Waals surface area (Å²) in [6, 6.07) is 11.4. The summed E-state index contributed by atoms with van der Waals surface area (Å²) in [5.41, 5.74) is 5.64. The fraction of sp³-hybridized carbons (Fsp3) is 0.0500. The zero-order valence-corrected chi connectivity index (χ0v) is 15.0. The smallest absolute Gasteiger partial charge is 0.271 e. The van der Waals surface area contributed by atoms with Crippen LogP contribution in [0.25, 0.3) is 12.2 Å². The van der Waals surface area contributed by atoms with Gasteiger partial charge in [0, 0.05) is 17.9 Å². The van der Waals surface area contributed by atoms with Crippen LogP contribution in [0, 0.1) is 0 Å². The van der Waals surface area contributed by atoms with Crippen LogP contribution in [-0.4, -0.2) is 35.5 Å². The second kappa shape index (κ2) is 10.3. The minimum absolute atomic E-state index is 0.0506. The molecule has 0 fully saturated rings. The number of carbonyl (C=O) groups excluding carboxylic acids is 2. The number of phenols is 1. The van der Waals surface area contributed by atoms with Gasteiger partial charge in [-0.2, -0.15) is 5.10 Å². The molecule has 0 spiro atoms. The van der Waals surface area contributed by atoms with Crippen molar-refractivity contribution in [1.82, 2.24) is 10.9 Å². The number of ether oxygens (including phenoxy) is 1. The molecular weight excluding hydrogens is 362 g/mol. The van der Waals surface area contributed by atoms with Crippen molar-refractivity contribution >= 4 is 30.2 Å². The highest BCUT2D eigenvalue weighted by Crippen LogP contribution is 2.26. The summed E-state index contributed by atoms with van der Waals surface area (Å²) in [5.74, 6) is -0.678. The number of rotatable bonds is 7. The van der Waals surface area contributed by atoms with Crippen LogP contribution in [0.15, 0.2) is 59.7 Å². The average Bonchev–Trinajstić information content (AvgIpc) is 2.72. The second-order valence-corrected chi connectivity index (χ2v) is 5.44. The number of nitrogens with one attached hydrogen (secondary N) is 2. The van der Waals surface area contributed by atoms with Crippen LogP contribution in [0.5, 0.6) is 11.5 Å². The van der Waals surface area contributed by atoms with Crippen LogP contribution < -0.4 is 15.6 Å². The Labute approximate surface area is 161 Å². The number of hydroxylamine groups is 1. The van der Waals surface area contributed by atoms with Crippen molar-refractivity contribution in [3.63, 3.8) is 0 Å². The molecule has 28 heavy (non-hydrogen) atoms. The first-order valence-corrected chi connectivity index (χ1v) is 8.13. The van der Waals surface area contributed by atoms with Gasteiger partial charge in [0.05, 0.1) is 7.11 Å². The predicted molar refractivity (Wildman–Crippen MR) is 105 cm³/mol. The molecule has 0 bridgehead atoms. The Morgan fingerprint density at radius 1 is 1.11 bits per heavy atom. The van der Waals surface area contributed by atoms with Crippen LogP contribution in [0.2, 0.25) is 0 Å². The molecule has 2 aromatic carbocycles. The van der Waals surface area contributed by atoms with Gasteiger partial charge in [-0.05, 0) is 47.5 Å². The average molecular weight is 381 g/mol. The molecule has 0 radical (unpaired) electrons. The van der Waals surface area contributed by atoms with Crippen LogP contribution in [0.4, 0.5) is 0 Å². The molecule has 2 rings (SSSR count). The zero-order chi connectivity index (χ0) is 20.4. The minimum atomic E-state index is -0.669. The van der Waals surface area contributed by atoms with Crippen molar-refractivity contribution in [2.75, 3.05) is 7.11 Å². The predicted octanol–water partition coefficient (Wildman–Crippen LogP) is 2.35. The van der Waals surface area contributed by atoms with E-state index in [-0.39, 0.29) is 5.75 Å². The maximum atomic E-state index is 12.1. The van der Waals surface area contributed by atoms with Gasteiger partial charge in [0.25, 0.3) is 11.8 Å². The number of allylic oxidation sites excluding steroid dienone is 1. The van der Waals surface area contributed by atoms with Crippen LogP contribution in [-0.2, 0) is 4.79 Å². The SMILES string of the molecule is COc1cc(/C=C/C=N/NC(=O)c2cccc(/C=C/C(=O)NO)c2)ccc1O. The van der Waals surface area contributed by atoms with E-state index in [0.29, 0.717) is 16.9 Å². The molecule has 0 aliphatic carbocycles. The molecular formula is C20H19N3O5. The number of amides is 2. The van der Waals surface area contributed by atoms with Crippen LogP contribution in [0.1, 0.15) is 21.5 Å². The van der Waals surface area contributed by atoms with Gasteiger partial charge in [-0.3, -0.25) is 14.8 Å². The highest BCUT2D eigenvalue weighted by atomic mass is 16.5. The summed E-state index contributed by atoms with van der Waals surface area (Å²) in [6.45, 7) is 0. The van der Waals surface area contributed by atoms with Gasteiger partial charge in [0.2, 0.25) is 0 Å². The largest absolute Gasteiger partial charge is 0.504 e. The molecule has 8 heteroatoms. The highest BCUT2D eigenvalue weighted by molar-refractivity contribution is 5.96. The number of hydrogen-bond donors (Lipinski definition) is 4. The van der Waals surface area contributed by atoms with Gasteiger partial charge in [0.1, 0.15) is 0 Å². The molecule has 0 aliphatic rings. The summed E-state index contributed by atoms with van der Waals surface area (Å²) in [6.07, 6.45) is 7.36. The van der Waals surface area contributed by atoms with Gasteiger partial charge in [-0.15, -0.1) is 0 Å². The van der Waals surface area contributed by atoms with Gasteiger partial charge >= 0.3 is 0 Å². The van der Waals surface area contributed by atoms with Gasteiger partial charge in [-0.1, -0.05) is 24.3 Å². The van der Waals surface area contributed by atoms with E-state index in [1.807, 2.05) is 0 Å². The third-order valence-corrected chi connectivity index (χ3v) is 3.51. The van der Waals surface area contributed by atoms with Gasteiger partial charge in [0.15, 0.2) is 11.5 Å². The molecule has 0 aromatic heterocycles. The molecule has 2 amide bonds. The maximum absolute atomic E-state index is 12.1. The topological polar surface area (TPSA) is 120 Å². The zero-order valence-electron chi connectivity index (χ0n) is 15.0. The lowest BCUT2D eigenvalue weighted by atomic mass is 10.1. The van der Waals surface area contributed by atoms with E-state index in [4.69, 9.17) is 9.94 Å². The molecule has 4 N–H and O–H groups in total. The standard InChI is InChI=1S/C20H19N3O5/c1-28-18-13-15(7-9-17(18)24)5-3-11-21-22-20(26)16-6-2-4-14(12-16)8-10-19(25)23-27/h2-13,24,27H,1H3,(H,22,26)(H,23,25)/b5-3+,10-8+,21-11+. The molecule has 0 unspecified atom stereocenters. The Morgan fingerprint density at radius 2 is 1.89 bits per heavy atom. The van der Waals surface area contributed by atoms with E-state index >= 15 is 0 Å². The second-order valence-electron chi connectivity index (χ2n) is 5.44. The van der Waals surface area contributed by atoms with E-state index in [9.17, 15) is 14.7 Å². The molecule has 0 atom stereocenters. The fourth-order valence-electron chi connectivity index (χ4n) is 2.15. The number of phenolic OH excluding ortho intramolecular Hbond substituents is 1.